The smallest absolute Gasteiger partial charge is 0.303 e. The molecule has 85 heavy (non-hydrogen) atoms. The first-order valence-electron chi connectivity index (χ1n) is 28.5. The zero-order valence-corrected chi connectivity index (χ0v) is 49.6. The number of hydrogen-bond donors (Lipinski definition) is 8. The first kappa shape index (κ1) is 58.7. The number of nitrogens with one attached hydrogen (secondary N) is 4. The summed E-state index contributed by atoms with van der Waals surface area (Å²) in [6.07, 6.45) is 2.92. The van der Waals surface area contributed by atoms with Crippen molar-refractivity contribution >= 4 is 125 Å². The van der Waals surface area contributed by atoms with E-state index in [-0.39, 0.29) is 51.4 Å². The summed E-state index contributed by atoms with van der Waals surface area (Å²) in [5.74, 6) is -3.77. The molecule has 0 saturated heterocycles. The first-order chi connectivity index (χ1) is 40.4. The molecule has 0 amide bonds. The Morgan fingerprint density at radius 2 is 0.659 bits per heavy atom. The van der Waals surface area contributed by atoms with Gasteiger partial charge in [0.1, 0.15) is 0 Å². The highest BCUT2D eigenvalue weighted by Gasteiger charge is 2.28. The van der Waals surface area contributed by atoms with E-state index in [0.29, 0.717) is 45.6 Å². The van der Waals surface area contributed by atoms with Gasteiger partial charge in [-0.25, -0.2) is 19.9 Å². The van der Waals surface area contributed by atoms with Crippen LogP contribution in [0.25, 0.3) is 101 Å². The fourth-order valence-corrected chi connectivity index (χ4v) is 12.5. The number of fused-ring (bicyclic) bond motifs is 16. The standard InChI is InChI=1S/C68H70N8O9/c1-13-41-31(3)47-23-49-33(5)43(15-19-63(77)78)57(71-49)29-59-45(17-21-65(81)82)35(7)51(73-59)27-61-67(37(9)53(75-61)25-55(41)69-47)39(11)85-40(12)68-38(10)54-26-56-42(14-2)32(4)48(70-56)24-50-34(6)44(16-20-64(79)80)58(72-50)30-60-46(18-22-66(83)84)36(8)52(74-60)28-62(68)76-54/h13-14,23-30,39-40,69-70,75-76H,1-2,15-22H2,3-12H3,(H,77,78)(H,79,80)(H,81,82)(H,83,84)/t39-,40-/m0/s1. The SMILES string of the molecule is C=Cc1c(C)c2cc3nc(cc4nc(cc5[nH]c(cc1[nH]2)c(C)c5[C@H](C)O[C@@H](C)c1c(C)c2cc5[nH]c(cc6nc(cc7nc(cc1[nH]2)C(C)=C7CCC(=O)O)C(CCC(=O)O)=C6C)c(C)c5C=C)C(C)=C4CCC(=O)O)C(CCC(=O)O)=C3C. The van der Waals surface area contributed by atoms with E-state index in [0.717, 1.165) is 133 Å². The van der Waals surface area contributed by atoms with Crippen molar-refractivity contribution in [3.63, 3.8) is 0 Å². The van der Waals surface area contributed by atoms with Crippen LogP contribution < -0.4 is 0 Å². The average molecular weight is 1140 g/mol. The Morgan fingerprint density at radius 1 is 0.400 bits per heavy atom. The van der Waals surface area contributed by atoms with E-state index in [1.54, 1.807) is 0 Å². The van der Waals surface area contributed by atoms with Crippen LogP contribution in [-0.2, 0) is 23.9 Å². The molecule has 10 rings (SSSR count). The van der Waals surface area contributed by atoms with E-state index in [1.165, 1.54) is 0 Å². The first-order valence-corrected chi connectivity index (χ1v) is 28.5. The molecule has 16 bridgehead atoms. The van der Waals surface area contributed by atoms with Crippen LogP contribution in [0.4, 0.5) is 0 Å². The Bertz CT molecular complexity index is 4140. The Balaban J connectivity index is 1.19. The number of carboxylic acids is 4. The lowest BCUT2D eigenvalue weighted by molar-refractivity contribution is -0.137. The maximum absolute atomic E-state index is 12.1. The van der Waals surface area contributed by atoms with Gasteiger partial charge >= 0.3 is 23.9 Å². The molecule has 0 saturated carbocycles. The molecule has 17 nitrogen and oxygen atoms in total. The third-order valence-corrected chi connectivity index (χ3v) is 17.3. The molecule has 17 heteroatoms. The third kappa shape index (κ3) is 11.3. The molecular formula is C68H70N8O9. The highest BCUT2D eigenvalue weighted by Crippen LogP contribution is 2.43. The van der Waals surface area contributed by atoms with Gasteiger partial charge in [0.05, 0.1) is 57.8 Å². The second-order valence-electron chi connectivity index (χ2n) is 22.5. The highest BCUT2D eigenvalue weighted by molar-refractivity contribution is 5.99. The van der Waals surface area contributed by atoms with Crippen molar-refractivity contribution in [3.05, 3.63) is 152 Å². The van der Waals surface area contributed by atoms with Crippen LogP contribution in [0.2, 0.25) is 0 Å². The van der Waals surface area contributed by atoms with Crippen molar-refractivity contribution in [1.29, 1.82) is 0 Å². The molecule has 10 heterocycles. The summed E-state index contributed by atoms with van der Waals surface area (Å²) >= 11 is 0. The number of aromatic nitrogens is 8. The van der Waals surface area contributed by atoms with Crippen LogP contribution in [0.15, 0.2) is 61.7 Å². The molecule has 0 spiro atoms. The minimum atomic E-state index is -0.949. The van der Waals surface area contributed by atoms with Crippen LogP contribution in [0, 0.1) is 27.7 Å². The van der Waals surface area contributed by atoms with E-state index in [1.807, 2.05) is 104 Å². The van der Waals surface area contributed by atoms with E-state index in [2.05, 4.69) is 59.1 Å². The van der Waals surface area contributed by atoms with E-state index < -0.39 is 36.1 Å². The minimum Gasteiger partial charge on any atom is -0.481 e. The zero-order chi connectivity index (χ0) is 61.0. The second-order valence-corrected chi connectivity index (χ2v) is 22.5. The number of aliphatic carboxylic acids is 4. The molecule has 8 N–H and O–H groups in total. The number of ether oxygens (including phenoxy) is 1. The normalized spacial score (nSPS) is 14.1. The summed E-state index contributed by atoms with van der Waals surface area (Å²) < 4.78 is 7.29. The van der Waals surface area contributed by atoms with E-state index in [4.69, 9.17) is 24.7 Å². The minimum absolute atomic E-state index is 0.106. The Hall–Kier alpha value is -9.48. The van der Waals surface area contributed by atoms with Gasteiger partial charge in [0, 0.05) is 92.1 Å². The van der Waals surface area contributed by atoms with Gasteiger partial charge in [-0.2, -0.15) is 0 Å². The molecule has 2 atom stereocenters. The van der Waals surface area contributed by atoms with Crippen molar-refractivity contribution in [2.75, 3.05) is 0 Å². The molecule has 0 aliphatic carbocycles. The molecule has 0 aromatic carbocycles. The van der Waals surface area contributed by atoms with E-state index in [9.17, 15) is 39.6 Å². The van der Waals surface area contributed by atoms with Crippen molar-refractivity contribution in [1.82, 2.24) is 39.9 Å². The number of hydrogen-bond acceptors (Lipinski definition) is 9. The fraction of sp³-hybridized carbons (Fsp3) is 0.294. The summed E-state index contributed by atoms with van der Waals surface area (Å²) in [6, 6.07) is 15.7. The lowest BCUT2D eigenvalue weighted by Crippen LogP contribution is -2.07. The maximum atomic E-state index is 12.1. The van der Waals surface area contributed by atoms with Gasteiger partial charge in [0.25, 0.3) is 0 Å². The topological polar surface area (TPSA) is 273 Å². The van der Waals surface area contributed by atoms with Crippen molar-refractivity contribution < 1.29 is 44.3 Å². The van der Waals surface area contributed by atoms with Gasteiger partial charge in [-0.05, 0) is 210 Å². The monoisotopic (exact) mass is 1140 g/mol. The molecule has 0 radical (unpaired) electrons. The molecule has 0 fully saturated rings. The summed E-state index contributed by atoms with van der Waals surface area (Å²) in [7, 11) is 0. The maximum Gasteiger partial charge on any atom is 0.303 e. The largest absolute Gasteiger partial charge is 0.481 e. The number of aryl methyl sites for hydroxylation is 4. The number of rotatable bonds is 18. The van der Waals surface area contributed by atoms with Crippen LogP contribution in [0.1, 0.15) is 195 Å². The second kappa shape index (κ2) is 23.3. The number of H-pyrrole nitrogens is 4. The van der Waals surface area contributed by atoms with Gasteiger partial charge < -0.3 is 45.1 Å². The summed E-state index contributed by atoms with van der Waals surface area (Å²) in [5, 5.41) is 39.5. The molecule has 4 aliphatic heterocycles. The Labute approximate surface area is 491 Å². The molecular weight excluding hydrogens is 1070 g/mol. The zero-order valence-electron chi connectivity index (χ0n) is 49.6. The predicted octanol–water partition coefficient (Wildman–Crippen LogP) is 15.5. The van der Waals surface area contributed by atoms with Crippen LogP contribution in [0.3, 0.4) is 0 Å². The number of carbonyl (C=O) groups is 4. The fourth-order valence-electron chi connectivity index (χ4n) is 12.5. The van der Waals surface area contributed by atoms with Crippen LogP contribution >= 0.6 is 0 Å². The summed E-state index contributed by atoms with van der Waals surface area (Å²) in [5.41, 5.74) is 24.7. The third-order valence-electron chi connectivity index (χ3n) is 17.3. The van der Waals surface area contributed by atoms with Gasteiger partial charge in [-0.15, -0.1) is 0 Å². The predicted molar refractivity (Wildman–Crippen MR) is 336 cm³/mol. The Kier molecular flexibility index (Phi) is 16.1. The van der Waals surface area contributed by atoms with Crippen molar-refractivity contribution in [2.24, 2.45) is 0 Å². The van der Waals surface area contributed by atoms with Crippen LogP contribution in [-0.4, -0.2) is 84.2 Å². The number of nitrogens with zero attached hydrogens (tertiary/aromatic N) is 4. The lowest BCUT2D eigenvalue weighted by atomic mass is 9.98. The number of carboxylic acid groups (broad SMARTS) is 4. The molecule has 4 aliphatic rings. The van der Waals surface area contributed by atoms with Gasteiger partial charge in [-0.3, -0.25) is 19.2 Å². The van der Waals surface area contributed by atoms with Gasteiger partial charge in [-0.1, -0.05) is 25.3 Å². The molecule has 6 aromatic heterocycles. The summed E-state index contributed by atoms with van der Waals surface area (Å²) in [6.45, 7) is 28.3. The van der Waals surface area contributed by atoms with Crippen LogP contribution in [0.5, 0.6) is 0 Å². The summed E-state index contributed by atoms with van der Waals surface area (Å²) in [4.78, 5) is 83.5. The lowest BCUT2D eigenvalue weighted by Gasteiger charge is -2.21. The quantitative estimate of drug-likeness (QED) is 0.0398. The average Bonchev–Trinajstić information content (AvgIpc) is 4.17. The Morgan fingerprint density at radius 3 is 0.929 bits per heavy atom. The van der Waals surface area contributed by atoms with E-state index >= 15 is 0 Å². The number of aromatic amines is 4. The van der Waals surface area contributed by atoms with Gasteiger partial charge in [0.2, 0.25) is 0 Å². The molecule has 436 valence electrons. The highest BCUT2D eigenvalue weighted by atomic mass is 16.5. The van der Waals surface area contributed by atoms with Crippen molar-refractivity contribution in [3.8, 4) is 0 Å². The molecule has 6 aromatic rings. The van der Waals surface area contributed by atoms with Gasteiger partial charge in [0.15, 0.2) is 0 Å². The number of allylic oxidation sites excluding steroid dienone is 8. The van der Waals surface area contributed by atoms with Crippen molar-refractivity contribution in [2.45, 2.75) is 133 Å². The molecule has 0 unspecified atom stereocenters.